The van der Waals surface area contributed by atoms with Crippen LogP contribution in [0.1, 0.15) is 44.5 Å². The predicted molar refractivity (Wildman–Crippen MR) is 262 cm³/mol. The van der Waals surface area contributed by atoms with Crippen molar-refractivity contribution in [3.8, 4) is 33.4 Å². The van der Waals surface area contributed by atoms with Crippen molar-refractivity contribution in [3.05, 3.63) is 281 Å². The highest BCUT2D eigenvalue weighted by Gasteiger charge is 2.52. The average Bonchev–Trinajstić information content (AvgIpc) is 4.07. The van der Waals surface area contributed by atoms with Gasteiger partial charge in [-0.15, -0.1) is 0 Å². The highest BCUT2D eigenvalue weighted by molar-refractivity contribution is 6.06. The summed E-state index contributed by atoms with van der Waals surface area (Å²) in [5, 5.41) is 2.24. The van der Waals surface area contributed by atoms with Crippen LogP contribution in [0.2, 0.25) is 0 Å². The Kier molecular flexibility index (Phi) is 7.28. The molecule has 11 aromatic rings. The van der Waals surface area contributed by atoms with Crippen molar-refractivity contribution in [1.82, 2.24) is 0 Å². The lowest BCUT2D eigenvalue weighted by Crippen LogP contribution is -2.28. The second kappa shape index (κ2) is 13.2. The van der Waals surface area contributed by atoms with E-state index in [1.165, 1.54) is 77.9 Å². The SMILES string of the molecule is c1ccc(C2(c3ccccc3)c3ccccc3-c3cc(N(c4ccc5c(c4)C4(c6ccccc6-c6ccccc64)c4ccccc4-5)c4ccc5c(c4)oc4ccccc45)ccc32)cc1. The second-order valence-corrected chi connectivity index (χ2v) is 17.5. The molecule has 1 heterocycles. The van der Waals surface area contributed by atoms with E-state index in [1.54, 1.807) is 0 Å². The van der Waals surface area contributed by atoms with Crippen LogP contribution in [0, 0.1) is 0 Å². The zero-order valence-corrected chi connectivity index (χ0v) is 34.9. The predicted octanol–water partition coefficient (Wildman–Crippen LogP) is 15.8. The summed E-state index contributed by atoms with van der Waals surface area (Å²) in [6.45, 7) is 0. The van der Waals surface area contributed by atoms with Gasteiger partial charge in [-0.3, -0.25) is 0 Å². The van der Waals surface area contributed by atoms with E-state index in [-0.39, 0.29) is 0 Å². The molecule has 2 heteroatoms. The van der Waals surface area contributed by atoms with Gasteiger partial charge in [0, 0.05) is 33.9 Å². The summed E-state index contributed by atoms with van der Waals surface area (Å²) in [5.74, 6) is 0. The Labute approximate surface area is 372 Å². The summed E-state index contributed by atoms with van der Waals surface area (Å²) in [6.07, 6.45) is 0. The number of rotatable bonds is 5. The standard InChI is InChI=1S/C62H39NO/c1-3-17-40(18-4-1)61(41-19-5-2-6-20-41)53-26-12-10-24-48(53)52-37-42(33-36-57(52)61)63(44-32-35-51-50-25-11-16-30-59(50)64-60(51)39-44)43-31-34-49-47-23-9-15-29-56(47)62(58(49)38-43)54-27-13-7-21-45(54)46-22-8-14-28-55(46)62/h1-39H. The molecule has 10 aromatic carbocycles. The third-order valence-corrected chi connectivity index (χ3v) is 14.6. The molecule has 0 aliphatic heterocycles. The number of fused-ring (bicyclic) bond motifs is 16. The molecule has 0 radical (unpaired) electrons. The molecule has 0 N–H and O–H groups in total. The maximum absolute atomic E-state index is 6.60. The Balaban J connectivity index is 1.04. The largest absolute Gasteiger partial charge is 0.456 e. The van der Waals surface area contributed by atoms with Gasteiger partial charge in [0.25, 0.3) is 0 Å². The lowest BCUT2D eigenvalue weighted by molar-refractivity contribution is 0.669. The highest BCUT2D eigenvalue weighted by Crippen LogP contribution is 2.64. The van der Waals surface area contributed by atoms with Crippen molar-refractivity contribution >= 4 is 39.0 Å². The van der Waals surface area contributed by atoms with E-state index in [9.17, 15) is 0 Å². The van der Waals surface area contributed by atoms with Crippen molar-refractivity contribution in [2.24, 2.45) is 0 Å². The third-order valence-electron chi connectivity index (χ3n) is 14.6. The second-order valence-electron chi connectivity index (χ2n) is 17.5. The summed E-state index contributed by atoms with van der Waals surface area (Å²) >= 11 is 0. The lowest BCUT2D eigenvalue weighted by Gasteiger charge is -2.34. The van der Waals surface area contributed by atoms with Crippen molar-refractivity contribution < 1.29 is 4.42 Å². The fourth-order valence-corrected chi connectivity index (χ4v) is 12.1. The smallest absolute Gasteiger partial charge is 0.137 e. The first-order valence-corrected chi connectivity index (χ1v) is 22.3. The fraction of sp³-hybridized carbons (Fsp3) is 0.0323. The molecule has 0 bridgehead atoms. The highest BCUT2D eigenvalue weighted by atomic mass is 16.3. The summed E-state index contributed by atoms with van der Waals surface area (Å²) in [4.78, 5) is 2.45. The molecule has 0 saturated heterocycles. The van der Waals surface area contributed by atoms with Crippen LogP contribution in [0.25, 0.3) is 55.3 Å². The van der Waals surface area contributed by atoms with E-state index >= 15 is 0 Å². The summed E-state index contributed by atoms with van der Waals surface area (Å²) in [6, 6.07) is 87.6. The van der Waals surface area contributed by atoms with Crippen LogP contribution in [0.4, 0.5) is 17.1 Å². The van der Waals surface area contributed by atoms with E-state index < -0.39 is 10.8 Å². The number of para-hydroxylation sites is 1. The fourth-order valence-electron chi connectivity index (χ4n) is 12.1. The Morgan fingerprint density at radius 1 is 0.266 bits per heavy atom. The average molecular weight is 814 g/mol. The maximum Gasteiger partial charge on any atom is 0.137 e. The Bertz CT molecular complexity index is 3590. The zero-order valence-electron chi connectivity index (χ0n) is 34.9. The molecule has 0 atom stereocenters. The molecule has 0 amide bonds. The number of nitrogens with zero attached hydrogens (tertiary/aromatic N) is 1. The van der Waals surface area contributed by atoms with Crippen molar-refractivity contribution in [2.45, 2.75) is 10.8 Å². The zero-order chi connectivity index (χ0) is 42.0. The molecule has 3 aliphatic rings. The molecular formula is C62H39NO. The molecule has 1 aromatic heterocycles. The molecule has 2 nitrogen and oxygen atoms in total. The maximum atomic E-state index is 6.60. The first-order chi connectivity index (χ1) is 31.7. The van der Waals surface area contributed by atoms with Gasteiger partial charge in [-0.25, -0.2) is 0 Å². The first-order valence-electron chi connectivity index (χ1n) is 22.3. The van der Waals surface area contributed by atoms with Crippen LogP contribution in [0.3, 0.4) is 0 Å². The summed E-state index contributed by atoms with van der Waals surface area (Å²) in [5.41, 5.74) is 22.1. The molecule has 0 unspecified atom stereocenters. The minimum atomic E-state index is -0.486. The van der Waals surface area contributed by atoms with E-state index in [1.807, 2.05) is 6.07 Å². The molecule has 298 valence electrons. The number of hydrogen-bond acceptors (Lipinski definition) is 2. The van der Waals surface area contributed by atoms with Gasteiger partial charge in [0.05, 0.1) is 10.8 Å². The van der Waals surface area contributed by atoms with Crippen molar-refractivity contribution in [1.29, 1.82) is 0 Å². The number of hydrogen-bond donors (Lipinski definition) is 0. The van der Waals surface area contributed by atoms with E-state index in [0.717, 1.165) is 39.0 Å². The van der Waals surface area contributed by atoms with Gasteiger partial charge in [0.15, 0.2) is 0 Å². The molecule has 14 rings (SSSR count). The molecule has 0 fully saturated rings. The van der Waals surface area contributed by atoms with E-state index in [4.69, 9.17) is 4.42 Å². The Morgan fingerprint density at radius 2 is 0.688 bits per heavy atom. The van der Waals surface area contributed by atoms with Crippen LogP contribution in [-0.2, 0) is 10.8 Å². The molecular weight excluding hydrogens is 775 g/mol. The first kappa shape index (κ1) is 35.4. The molecule has 1 spiro atoms. The summed E-state index contributed by atoms with van der Waals surface area (Å²) < 4.78 is 6.60. The monoisotopic (exact) mass is 813 g/mol. The van der Waals surface area contributed by atoms with Gasteiger partial charge in [-0.2, -0.15) is 0 Å². The van der Waals surface area contributed by atoms with Gasteiger partial charge >= 0.3 is 0 Å². The minimum Gasteiger partial charge on any atom is -0.456 e. The van der Waals surface area contributed by atoms with Crippen LogP contribution in [-0.4, -0.2) is 0 Å². The van der Waals surface area contributed by atoms with Gasteiger partial charge in [-0.1, -0.05) is 188 Å². The van der Waals surface area contributed by atoms with Gasteiger partial charge in [-0.05, 0) is 120 Å². The van der Waals surface area contributed by atoms with Crippen molar-refractivity contribution in [3.63, 3.8) is 0 Å². The van der Waals surface area contributed by atoms with E-state index in [0.29, 0.717) is 0 Å². The van der Waals surface area contributed by atoms with Crippen LogP contribution >= 0.6 is 0 Å². The van der Waals surface area contributed by atoms with Crippen molar-refractivity contribution in [2.75, 3.05) is 4.90 Å². The van der Waals surface area contributed by atoms with Gasteiger partial charge in [0.2, 0.25) is 0 Å². The molecule has 3 aliphatic carbocycles. The summed E-state index contributed by atoms with van der Waals surface area (Å²) in [7, 11) is 0. The Hall–Kier alpha value is -8.20. The molecule has 64 heavy (non-hydrogen) atoms. The normalized spacial score (nSPS) is 14.2. The number of anilines is 3. The Morgan fingerprint density at radius 3 is 1.31 bits per heavy atom. The quantitative estimate of drug-likeness (QED) is 0.172. The van der Waals surface area contributed by atoms with Crippen LogP contribution in [0.15, 0.2) is 241 Å². The lowest BCUT2D eigenvalue weighted by atomic mass is 9.68. The third kappa shape index (κ3) is 4.54. The van der Waals surface area contributed by atoms with Gasteiger partial charge in [0.1, 0.15) is 11.2 Å². The van der Waals surface area contributed by atoms with Crippen LogP contribution < -0.4 is 4.90 Å². The topological polar surface area (TPSA) is 16.4 Å². The minimum absolute atomic E-state index is 0.467. The van der Waals surface area contributed by atoms with E-state index in [2.05, 4.69) is 235 Å². The van der Waals surface area contributed by atoms with Gasteiger partial charge < -0.3 is 9.32 Å². The van der Waals surface area contributed by atoms with Crippen LogP contribution in [0.5, 0.6) is 0 Å². The number of furan rings is 1. The molecule has 0 saturated carbocycles. The number of benzene rings is 10.